The first-order chi connectivity index (χ1) is 9.75. The van der Waals surface area contributed by atoms with E-state index in [1.165, 1.54) is 12.8 Å². The van der Waals surface area contributed by atoms with Gasteiger partial charge >= 0.3 is 0 Å². The van der Waals surface area contributed by atoms with Crippen LogP contribution in [0.1, 0.15) is 24.8 Å². The minimum absolute atomic E-state index is 0.336. The molecule has 2 atom stereocenters. The Balaban J connectivity index is 1.62. The molecule has 0 saturated heterocycles. The van der Waals surface area contributed by atoms with Gasteiger partial charge in [-0.2, -0.15) is 0 Å². The topological polar surface area (TPSA) is 41.5 Å². The molecule has 0 amide bonds. The third-order valence-electron chi connectivity index (χ3n) is 3.72. The molecule has 0 saturated carbocycles. The molecular weight excluding hydrogens is 250 g/mol. The number of nitrogens with one attached hydrogen (secondary N) is 1. The molecule has 3 heteroatoms. The van der Waals surface area contributed by atoms with Gasteiger partial charge in [0.05, 0.1) is 0 Å². The average Bonchev–Trinajstić information content (AvgIpc) is 2.47. The summed E-state index contributed by atoms with van der Waals surface area (Å²) in [6.07, 6.45) is 7.64. The number of hydrogen-bond acceptors (Lipinski definition) is 3. The largest absolute Gasteiger partial charge is 0.491 e. The fourth-order valence-corrected chi connectivity index (χ4v) is 2.46. The van der Waals surface area contributed by atoms with Gasteiger partial charge in [0.25, 0.3) is 0 Å². The van der Waals surface area contributed by atoms with Crippen molar-refractivity contribution in [2.24, 2.45) is 5.92 Å². The minimum Gasteiger partial charge on any atom is -0.491 e. The van der Waals surface area contributed by atoms with Crippen LogP contribution in [0.4, 0.5) is 0 Å². The number of aliphatic hydroxyl groups is 1. The Kier molecular flexibility index (Phi) is 6.09. The fourth-order valence-electron chi connectivity index (χ4n) is 2.46. The maximum Gasteiger partial charge on any atom is 0.122 e. The Morgan fingerprint density at radius 1 is 1.35 bits per heavy atom. The van der Waals surface area contributed by atoms with E-state index in [-0.39, 0.29) is 0 Å². The maximum atomic E-state index is 9.93. The highest BCUT2D eigenvalue weighted by Crippen LogP contribution is 2.17. The standard InChI is InChI=1S/C17H25NO2/c1-14-7-5-6-10-17(14)20-13-16(19)12-18-11-15-8-3-2-4-9-15/h2-3,5-7,10,15-16,18-19H,4,8-9,11-13H2,1H3. The summed E-state index contributed by atoms with van der Waals surface area (Å²) in [7, 11) is 0. The minimum atomic E-state index is -0.464. The third kappa shape index (κ3) is 4.99. The van der Waals surface area contributed by atoms with Crippen molar-refractivity contribution in [3.05, 3.63) is 42.0 Å². The van der Waals surface area contributed by atoms with Crippen LogP contribution >= 0.6 is 0 Å². The first kappa shape index (κ1) is 15.1. The first-order valence-corrected chi connectivity index (χ1v) is 7.48. The third-order valence-corrected chi connectivity index (χ3v) is 3.72. The number of allylic oxidation sites excluding steroid dienone is 2. The Morgan fingerprint density at radius 2 is 2.20 bits per heavy atom. The monoisotopic (exact) mass is 275 g/mol. The molecule has 3 nitrogen and oxygen atoms in total. The SMILES string of the molecule is Cc1ccccc1OCC(O)CNCC1CC=CCC1. The molecule has 2 N–H and O–H groups in total. The lowest BCUT2D eigenvalue weighted by Crippen LogP contribution is -2.34. The summed E-state index contributed by atoms with van der Waals surface area (Å²) in [5, 5.41) is 13.3. The quantitative estimate of drug-likeness (QED) is 0.752. The molecule has 1 aliphatic carbocycles. The number of aliphatic hydroxyl groups excluding tert-OH is 1. The molecule has 0 fully saturated rings. The predicted molar refractivity (Wildman–Crippen MR) is 82.0 cm³/mol. The van der Waals surface area contributed by atoms with E-state index in [0.717, 1.165) is 24.3 Å². The molecule has 0 bridgehead atoms. The second-order valence-corrected chi connectivity index (χ2v) is 5.54. The smallest absolute Gasteiger partial charge is 0.122 e. The number of rotatable bonds is 7. The Labute approximate surface area is 121 Å². The van der Waals surface area contributed by atoms with E-state index < -0.39 is 6.10 Å². The van der Waals surface area contributed by atoms with Gasteiger partial charge in [0.2, 0.25) is 0 Å². The highest BCUT2D eigenvalue weighted by Gasteiger charge is 2.11. The van der Waals surface area contributed by atoms with Gasteiger partial charge in [-0.05, 0) is 50.3 Å². The number of hydrogen-bond donors (Lipinski definition) is 2. The summed E-state index contributed by atoms with van der Waals surface area (Å²) in [6.45, 7) is 3.91. The lowest BCUT2D eigenvalue weighted by molar-refractivity contribution is 0.105. The van der Waals surface area contributed by atoms with Crippen LogP contribution in [0.5, 0.6) is 5.75 Å². The van der Waals surface area contributed by atoms with Crippen molar-refractivity contribution in [2.45, 2.75) is 32.3 Å². The first-order valence-electron chi connectivity index (χ1n) is 7.48. The van der Waals surface area contributed by atoms with E-state index >= 15 is 0 Å². The van der Waals surface area contributed by atoms with Gasteiger partial charge in [-0.25, -0.2) is 0 Å². The van der Waals surface area contributed by atoms with Crippen LogP contribution < -0.4 is 10.1 Å². The lowest BCUT2D eigenvalue weighted by Gasteiger charge is -2.20. The summed E-state index contributed by atoms with van der Waals surface area (Å²) in [5.74, 6) is 1.56. The lowest BCUT2D eigenvalue weighted by atomic mass is 9.94. The van der Waals surface area contributed by atoms with Gasteiger partial charge in [0, 0.05) is 6.54 Å². The van der Waals surface area contributed by atoms with Gasteiger partial charge in [-0.15, -0.1) is 0 Å². The molecular formula is C17H25NO2. The molecule has 0 aromatic heterocycles. The van der Waals surface area contributed by atoms with Crippen LogP contribution in [-0.4, -0.2) is 30.9 Å². The van der Waals surface area contributed by atoms with Crippen molar-refractivity contribution in [1.82, 2.24) is 5.32 Å². The van der Waals surface area contributed by atoms with E-state index in [1.807, 2.05) is 31.2 Å². The molecule has 110 valence electrons. The van der Waals surface area contributed by atoms with Gasteiger partial charge in [0.1, 0.15) is 18.5 Å². The van der Waals surface area contributed by atoms with E-state index in [9.17, 15) is 5.11 Å². The highest BCUT2D eigenvalue weighted by atomic mass is 16.5. The summed E-state index contributed by atoms with van der Waals surface area (Å²) in [4.78, 5) is 0. The van der Waals surface area contributed by atoms with E-state index in [4.69, 9.17) is 4.74 Å². The molecule has 2 rings (SSSR count). The Bertz CT molecular complexity index is 431. The molecule has 0 aliphatic heterocycles. The number of para-hydroxylation sites is 1. The summed E-state index contributed by atoms with van der Waals surface area (Å²) < 4.78 is 5.64. The van der Waals surface area contributed by atoms with E-state index in [2.05, 4.69) is 17.5 Å². The average molecular weight is 275 g/mol. The van der Waals surface area contributed by atoms with Crippen LogP contribution in [0, 0.1) is 12.8 Å². The zero-order valence-corrected chi connectivity index (χ0v) is 12.2. The van der Waals surface area contributed by atoms with E-state index in [1.54, 1.807) is 0 Å². The van der Waals surface area contributed by atoms with Crippen molar-refractivity contribution < 1.29 is 9.84 Å². The number of ether oxygens (including phenoxy) is 1. The molecule has 1 aromatic rings. The van der Waals surface area contributed by atoms with Crippen molar-refractivity contribution in [2.75, 3.05) is 19.7 Å². The maximum absolute atomic E-state index is 9.93. The van der Waals surface area contributed by atoms with Crippen LogP contribution in [0.3, 0.4) is 0 Å². The van der Waals surface area contributed by atoms with Crippen LogP contribution in [-0.2, 0) is 0 Å². The second-order valence-electron chi connectivity index (χ2n) is 5.54. The fraction of sp³-hybridized carbons (Fsp3) is 0.529. The van der Waals surface area contributed by atoms with Crippen molar-refractivity contribution in [1.29, 1.82) is 0 Å². The van der Waals surface area contributed by atoms with Crippen LogP contribution in [0.25, 0.3) is 0 Å². The molecule has 1 aromatic carbocycles. The van der Waals surface area contributed by atoms with Gasteiger partial charge in [-0.1, -0.05) is 30.4 Å². The van der Waals surface area contributed by atoms with Gasteiger partial charge < -0.3 is 15.2 Å². The van der Waals surface area contributed by atoms with Gasteiger partial charge in [0.15, 0.2) is 0 Å². The highest BCUT2D eigenvalue weighted by molar-refractivity contribution is 5.31. The predicted octanol–water partition coefficient (Wildman–Crippen LogP) is 2.68. The molecule has 0 heterocycles. The summed E-state index contributed by atoms with van der Waals surface area (Å²) in [6, 6.07) is 7.88. The summed E-state index contributed by atoms with van der Waals surface area (Å²) >= 11 is 0. The number of aryl methyl sites for hydroxylation is 1. The van der Waals surface area contributed by atoms with Crippen LogP contribution in [0.2, 0.25) is 0 Å². The van der Waals surface area contributed by atoms with Crippen molar-refractivity contribution in [3.63, 3.8) is 0 Å². The molecule has 2 unspecified atom stereocenters. The zero-order valence-electron chi connectivity index (χ0n) is 12.2. The Morgan fingerprint density at radius 3 is 2.95 bits per heavy atom. The zero-order chi connectivity index (χ0) is 14.2. The molecule has 20 heavy (non-hydrogen) atoms. The van der Waals surface area contributed by atoms with Crippen molar-refractivity contribution >= 4 is 0 Å². The Hall–Kier alpha value is -1.32. The normalized spacial score (nSPS) is 19.8. The second kappa shape index (κ2) is 8.08. The molecule has 0 spiro atoms. The van der Waals surface area contributed by atoms with Gasteiger partial charge in [-0.3, -0.25) is 0 Å². The van der Waals surface area contributed by atoms with E-state index in [0.29, 0.717) is 19.1 Å². The van der Waals surface area contributed by atoms with Crippen molar-refractivity contribution in [3.8, 4) is 5.75 Å². The number of benzene rings is 1. The summed E-state index contributed by atoms with van der Waals surface area (Å²) in [5.41, 5.74) is 1.10. The van der Waals surface area contributed by atoms with Crippen LogP contribution in [0.15, 0.2) is 36.4 Å². The molecule has 1 aliphatic rings. The molecule has 0 radical (unpaired) electrons.